The fourth-order valence-corrected chi connectivity index (χ4v) is 3.38. The second-order valence-corrected chi connectivity index (χ2v) is 6.78. The van der Waals surface area contributed by atoms with Gasteiger partial charge in [-0.05, 0) is 48.7 Å². The molecule has 2 aromatic rings. The molecule has 0 radical (unpaired) electrons. The highest BCUT2D eigenvalue weighted by molar-refractivity contribution is 5.97. The molecule has 26 heavy (non-hydrogen) atoms. The van der Waals surface area contributed by atoms with Crippen molar-refractivity contribution in [3.05, 3.63) is 53.5 Å². The lowest BCUT2D eigenvalue weighted by atomic mass is 9.90. The molecular formula is C20H24FN3O2. The van der Waals surface area contributed by atoms with Crippen LogP contribution in [-0.4, -0.2) is 50.1 Å². The van der Waals surface area contributed by atoms with E-state index >= 15 is 0 Å². The summed E-state index contributed by atoms with van der Waals surface area (Å²) in [5.41, 5.74) is 1.45. The van der Waals surface area contributed by atoms with Crippen molar-refractivity contribution in [2.75, 3.05) is 39.2 Å². The van der Waals surface area contributed by atoms with Gasteiger partial charge >= 0.3 is 0 Å². The number of aromatic nitrogens is 1. The number of nitrogens with zero attached hydrogens (tertiary/aromatic N) is 3. The van der Waals surface area contributed by atoms with Crippen LogP contribution < -0.4 is 9.64 Å². The molecule has 0 spiro atoms. The molecule has 1 saturated heterocycles. The van der Waals surface area contributed by atoms with E-state index in [2.05, 4.69) is 11.1 Å². The zero-order valence-electron chi connectivity index (χ0n) is 15.4. The number of hydrogen-bond acceptors (Lipinski definition) is 4. The molecular weight excluding hydrogens is 333 g/mol. The van der Waals surface area contributed by atoms with Gasteiger partial charge in [-0.2, -0.15) is 0 Å². The Morgan fingerprint density at radius 1 is 1.31 bits per heavy atom. The molecule has 138 valence electrons. The first kappa shape index (κ1) is 18.2. The second kappa shape index (κ2) is 7.72. The number of carbonyl (C=O) groups is 1. The second-order valence-electron chi connectivity index (χ2n) is 6.78. The van der Waals surface area contributed by atoms with Crippen molar-refractivity contribution in [1.29, 1.82) is 0 Å². The zero-order valence-corrected chi connectivity index (χ0v) is 15.4. The SMILES string of the molecule is COc1ccc(F)cc1C(=O)N1CCC[C@H](c2ccnc(N(C)C)c2)C1. The lowest BCUT2D eigenvalue weighted by Crippen LogP contribution is -2.39. The van der Waals surface area contributed by atoms with Crippen molar-refractivity contribution in [1.82, 2.24) is 9.88 Å². The molecule has 1 amide bonds. The Morgan fingerprint density at radius 2 is 2.12 bits per heavy atom. The Hall–Kier alpha value is -2.63. The molecule has 1 aromatic heterocycles. The van der Waals surface area contributed by atoms with E-state index in [0.717, 1.165) is 18.7 Å². The molecule has 0 saturated carbocycles. The smallest absolute Gasteiger partial charge is 0.257 e. The molecule has 0 bridgehead atoms. The number of methoxy groups -OCH3 is 1. The Bertz CT molecular complexity index is 794. The Labute approximate surface area is 153 Å². The van der Waals surface area contributed by atoms with E-state index in [4.69, 9.17) is 4.74 Å². The number of anilines is 1. The quantitative estimate of drug-likeness (QED) is 0.842. The van der Waals surface area contributed by atoms with Gasteiger partial charge in [0.25, 0.3) is 5.91 Å². The molecule has 1 aliphatic heterocycles. The lowest BCUT2D eigenvalue weighted by molar-refractivity contribution is 0.0703. The monoisotopic (exact) mass is 357 g/mol. The van der Waals surface area contributed by atoms with E-state index in [1.807, 2.05) is 25.1 Å². The first-order valence-electron chi connectivity index (χ1n) is 8.75. The molecule has 1 aromatic carbocycles. The Kier molecular flexibility index (Phi) is 5.40. The highest BCUT2D eigenvalue weighted by Crippen LogP contribution is 2.30. The first-order valence-corrected chi connectivity index (χ1v) is 8.75. The molecule has 1 aliphatic rings. The summed E-state index contributed by atoms with van der Waals surface area (Å²) in [5, 5.41) is 0. The molecule has 0 aliphatic carbocycles. The van der Waals surface area contributed by atoms with Gasteiger partial charge < -0.3 is 14.5 Å². The number of piperidine rings is 1. The molecule has 2 heterocycles. The van der Waals surface area contributed by atoms with Crippen LogP contribution in [-0.2, 0) is 0 Å². The van der Waals surface area contributed by atoms with Gasteiger partial charge in [0.2, 0.25) is 0 Å². The van der Waals surface area contributed by atoms with Crippen LogP contribution in [0.2, 0.25) is 0 Å². The minimum Gasteiger partial charge on any atom is -0.496 e. The number of rotatable bonds is 4. The summed E-state index contributed by atoms with van der Waals surface area (Å²) < 4.78 is 18.9. The number of benzene rings is 1. The number of carbonyl (C=O) groups excluding carboxylic acids is 1. The molecule has 6 heteroatoms. The van der Waals surface area contributed by atoms with Gasteiger partial charge in [0.15, 0.2) is 0 Å². The van der Waals surface area contributed by atoms with Gasteiger partial charge in [-0.3, -0.25) is 4.79 Å². The predicted molar refractivity (Wildman–Crippen MR) is 99.4 cm³/mol. The van der Waals surface area contributed by atoms with Gasteiger partial charge in [0.05, 0.1) is 12.7 Å². The predicted octanol–water partition coefficient (Wildman–Crippen LogP) is 3.32. The molecule has 0 N–H and O–H groups in total. The fraction of sp³-hybridized carbons (Fsp3) is 0.400. The molecule has 5 nitrogen and oxygen atoms in total. The summed E-state index contributed by atoms with van der Waals surface area (Å²) in [6.07, 6.45) is 3.73. The maximum atomic E-state index is 13.6. The standard InChI is InChI=1S/C20H24FN3O2/c1-23(2)19-11-14(8-9-22-19)15-5-4-10-24(13-15)20(25)17-12-16(21)6-7-18(17)26-3/h6-9,11-12,15H,4-5,10,13H2,1-3H3/t15-/m0/s1. The average molecular weight is 357 g/mol. The number of likely N-dealkylation sites (tertiary alicyclic amines) is 1. The van der Waals surface area contributed by atoms with Crippen LogP contribution in [0.3, 0.4) is 0 Å². The summed E-state index contributed by atoms with van der Waals surface area (Å²) in [6.45, 7) is 1.27. The minimum absolute atomic E-state index is 0.187. The fourth-order valence-electron chi connectivity index (χ4n) is 3.38. The van der Waals surface area contributed by atoms with Crippen LogP contribution in [0.5, 0.6) is 5.75 Å². The molecule has 3 rings (SSSR count). The molecule has 1 fully saturated rings. The number of ether oxygens (including phenoxy) is 1. The third-order valence-electron chi connectivity index (χ3n) is 4.80. The highest BCUT2D eigenvalue weighted by Gasteiger charge is 2.27. The van der Waals surface area contributed by atoms with E-state index in [1.54, 1.807) is 11.1 Å². The third kappa shape index (κ3) is 3.79. The van der Waals surface area contributed by atoms with Crippen molar-refractivity contribution in [3.63, 3.8) is 0 Å². The van der Waals surface area contributed by atoms with Crippen molar-refractivity contribution < 1.29 is 13.9 Å². The maximum Gasteiger partial charge on any atom is 0.257 e. The summed E-state index contributed by atoms with van der Waals surface area (Å²) in [5.74, 6) is 0.921. The van der Waals surface area contributed by atoms with Crippen molar-refractivity contribution in [2.45, 2.75) is 18.8 Å². The topological polar surface area (TPSA) is 45.7 Å². The Balaban J connectivity index is 1.81. The lowest BCUT2D eigenvalue weighted by Gasteiger charge is -2.33. The number of pyridine rings is 1. The van der Waals surface area contributed by atoms with Gasteiger partial charge in [-0.1, -0.05) is 0 Å². The van der Waals surface area contributed by atoms with Crippen LogP contribution >= 0.6 is 0 Å². The third-order valence-corrected chi connectivity index (χ3v) is 4.80. The van der Waals surface area contributed by atoms with E-state index in [9.17, 15) is 9.18 Å². The van der Waals surface area contributed by atoms with Crippen LogP contribution in [0.1, 0.15) is 34.7 Å². The summed E-state index contributed by atoms with van der Waals surface area (Å²) in [4.78, 5) is 21.1. The van der Waals surface area contributed by atoms with Crippen LogP contribution in [0.15, 0.2) is 36.5 Å². The zero-order chi connectivity index (χ0) is 18.7. The van der Waals surface area contributed by atoms with Gasteiger partial charge in [0.1, 0.15) is 17.4 Å². The number of amides is 1. The minimum atomic E-state index is -0.438. The van der Waals surface area contributed by atoms with E-state index in [0.29, 0.717) is 18.8 Å². The van der Waals surface area contributed by atoms with Crippen molar-refractivity contribution in [2.24, 2.45) is 0 Å². The molecule has 0 unspecified atom stereocenters. The first-order chi connectivity index (χ1) is 12.5. The summed E-state index contributed by atoms with van der Waals surface area (Å²) in [7, 11) is 5.40. The average Bonchev–Trinajstić information content (AvgIpc) is 2.67. The van der Waals surface area contributed by atoms with E-state index < -0.39 is 5.82 Å². The van der Waals surface area contributed by atoms with Crippen LogP contribution in [0.4, 0.5) is 10.2 Å². The van der Waals surface area contributed by atoms with E-state index in [1.165, 1.54) is 30.9 Å². The van der Waals surface area contributed by atoms with Crippen molar-refractivity contribution >= 4 is 11.7 Å². The summed E-state index contributed by atoms with van der Waals surface area (Å²) >= 11 is 0. The number of hydrogen-bond donors (Lipinski definition) is 0. The van der Waals surface area contributed by atoms with Crippen molar-refractivity contribution in [3.8, 4) is 5.75 Å². The van der Waals surface area contributed by atoms with Gasteiger partial charge in [-0.25, -0.2) is 9.37 Å². The van der Waals surface area contributed by atoms with E-state index in [-0.39, 0.29) is 17.4 Å². The van der Waals surface area contributed by atoms with Gasteiger partial charge in [0, 0.05) is 39.3 Å². The largest absolute Gasteiger partial charge is 0.496 e. The number of halogens is 1. The van der Waals surface area contributed by atoms with Gasteiger partial charge in [-0.15, -0.1) is 0 Å². The molecule has 1 atom stereocenters. The summed E-state index contributed by atoms with van der Waals surface area (Å²) in [6, 6.07) is 8.13. The van der Waals surface area contributed by atoms with Crippen LogP contribution in [0, 0.1) is 5.82 Å². The van der Waals surface area contributed by atoms with Crippen LogP contribution in [0.25, 0.3) is 0 Å². The highest BCUT2D eigenvalue weighted by atomic mass is 19.1. The normalized spacial score (nSPS) is 17.1. The maximum absolute atomic E-state index is 13.6. The Morgan fingerprint density at radius 3 is 2.85 bits per heavy atom.